The van der Waals surface area contributed by atoms with Crippen LogP contribution < -0.4 is 11.1 Å². The van der Waals surface area contributed by atoms with E-state index in [9.17, 15) is 8.78 Å². The number of rotatable bonds is 4. The number of benzene rings is 2. The van der Waals surface area contributed by atoms with Gasteiger partial charge in [0.2, 0.25) is 0 Å². The second-order valence-corrected chi connectivity index (χ2v) is 5.94. The molecule has 1 atom stereocenters. The molecule has 0 aliphatic heterocycles. The average Bonchev–Trinajstić information content (AvgIpc) is 2.43. The number of nitrogens with two attached hydrogens (primary N) is 1. The Morgan fingerprint density at radius 3 is 2.35 bits per heavy atom. The molecule has 2 nitrogen and oxygen atoms in total. The summed E-state index contributed by atoms with van der Waals surface area (Å²) in [6, 6.07) is 9.17. The Hall–Kier alpha value is -0.980. The van der Waals surface area contributed by atoms with E-state index >= 15 is 0 Å². The van der Waals surface area contributed by atoms with Gasteiger partial charge >= 0.3 is 0 Å². The van der Waals surface area contributed by atoms with E-state index in [1.54, 1.807) is 24.3 Å². The molecule has 2 aromatic rings. The second kappa shape index (κ2) is 6.65. The normalized spacial score (nSPS) is 12.2. The highest BCUT2D eigenvalue weighted by Crippen LogP contribution is 2.25. The number of nitrogens with one attached hydrogen (secondary N) is 1. The summed E-state index contributed by atoms with van der Waals surface area (Å²) in [7, 11) is 0. The van der Waals surface area contributed by atoms with Gasteiger partial charge < -0.3 is 11.1 Å². The molecule has 0 bridgehead atoms. The third kappa shape index (κ3) is 3.56. The molecule has 2 aromatic carbocycles. The molecule has 0 aliphatic rings. The first-order valence-corrected chi connectivity index (χ1v) is 7.46. The molecule has 2 rings (SSSR count). The largest absolute Gasteiger partial charge is 0.377 e. The van der Waals surface area contributed by atoms with Gasteiger partial charge in [-0.25, -0.2) is 8.78 Å². The van der Waals surface area contributed by atoms with E-state index in [0.717, 1.165) is 5.56 Å². The van der Waals surface area contributed by atoms with Crippen molar-refractivity contribution in [1.29, 1.82) is 0 Å². The Kier molecular flexibility index (Phi) is 5.12. The molecule has 0 radical (unpaired) electrons. The minimum absolute atomic E-state index is 0.255. The maximum absolute atomic E-state index is 13.6. The topological polar surface area (TPSA) is 38.0 Å². The fourth-order valence-electron chi connectivity index (χ4n) is 1.79. The summed E-state index contributed by atoms with van der Waals surface area (Å²) in [4.78, 5) is 0. The van der Waals surface area contributed by atoms with Crippen LogP contribution in [0.1, 0.15) is 11.6 Å². The molecular formula is C14H12Br2F2N2. The van der Waals surface area contributed by atoms with E-state index in [2.05, 4.69) is 37.2 Å². The monoisotopic (exact) mass is 404 g/mol. The molecule has 0 saturated heterocycles. The van der Waals surface area contributed by atoms with Crippen LogP contribution in [0.15, 0.2) is 45.3 Å². The van der Waals surface area contributed by atoms with E-state index < -0.39 is 0 Å². The van der Waals surface area contributed by atoms with Crippen LogP contribution in [0.2, 0.25) is 0 Å². The Morgan fingerprint density at radius 2 is 1.75 bits per heavy atom. The molecule has 0 aromatic heterocycles. The van der Waals surface area contributed by atoms with Crippen LogP contribution in [0.3, 0.4) is 0 Å². The lowest BCUT2D eigenvalue weighted by atomic mass is 10.1. The molecule has 20 heavy (non-hydrogen) atoms. The van der Waals surface area contributed by atoms with Gasteiger partial charge in [-0.15, -0.1) is 0 Å². The maximum Gasteiger partial charge on any atom is 0.137 e. The van der Waals surface area contributed by atoms with E-state index in [-0.39, 0.29) is 24.2 Å². The molecule has 0 heterocycles. The minimum atomic E-state index is -0.344. The standard InChI is InChI=1S/C14H12Br2F2N2/c15-10-3-1-8(5-13(10)18)14(7-19)20-9-2-4-12(17)11(16)6-9/h1-6,14,20H,7,19H2. The summed E-state index contributed by atoms with van der Waals surface area (Å²) in [5.74, 6) is -0.683. The second-order valence-electron chi connectivity index (χ2n) is 4.24. The maximum atomic E-state index is 13.6. The predicted octanol–water partition coefficient (Wildman–Crippen LogP) is 4.60. The van der Waals surface area contributed by atoms with Gasteiger partial charge in [-0.2, -0.15) is 0 Å². The molecule has 0 amide bonds. The number of anilines is 1. The van der Waals surface area contributed by atoms with Crippen molar-refractivity contribution in [3.63, 3.8) is 0 Å². The Morgan fingerprint density at radius 1 is 1.00 bits per heavy atom. The van der Waals surface area contributed by atoms with Gasteiger partial charge in [0.1, 0.15) is 11.6 Å². The Labute approximate surface area is 132 Å². The molecule has 0 fully saturated rings. The fraction of sp³-hybridized carbons (Fsp3) is 0.143. The first kappa shape index (κ1) is 15.4. The van der Waals surface area contributed by atoms with Crippen molar-refractivity contribution in [1.82, 2.24) is 0 Å². The highest BCUT2D eigenvalue weighted by molar-refractivity contribution is 9.10. The number of halogens is 4. The van der Waals surface area contributed by atoms with Crippen LogP contribution in [-0.2, 0) is 0 Å². The van der Waals surface area contributed by atoms with Crippen LogP contribution in [0.25, 0.3) is 0 Å². The van der Waals surface area contributed by atoms with Gasteiger partial charge in [0, 0.05) is 12.2 Å². The molecule has 1 unspecified atom stereocenters. The molecule has 0 saturated carbocycles. The van der Waals surface area contributed by atoms with Gasteiger partial charge in [0.15, 0.2) is 0 Å². The van der Waals surface area contributed by atoms with Gasteiger partial charge in [-0.1, -0.05) is 6.07 Å². The first-order valence-electron chi connectivity index (χ1n) is 5.88. The summed E-state index contributed by atoms with van der Waals surface area (Å²) < 4.78 is 27.5. The van der Waals surface area contributed by atoms with Crippen LogP contribution in [0.4, 0.5) is 14.5 Å². The SMILES string of the molecule is NCC(Nc1ccc(F)c(Br)c1)c1ccc(Br)c(F)c1. The van der Waals surface area contributed by atoms with Crippen molar-refractivity contribution < 1.29 is 8.78 Å². The lowest BCUT2D eigenvalue weighted by molar-refractivity contribution is 0.615. The van der Waals surface area contributed by atoms with Gasteiger partial charge in [0.05, 0.1) is 15.0 Å². The third-order valence-electron chi connectivity index (χ3n) is 2.84. The quantitative estimate of drug-likeness (QED) is 0.779. The van der Waals surface area contributed by atoms with Crippen molar-refractivity contribution in [3.05, 3.63) is 62.5 Å². The van der Waals surface area contributed by atoms with Crippen molar-refractivity contribution in [2.24, 2.45) is 5.73 Å². The molecule has 6 heteroatoms. The molecule has 0 spiro atoms. The van der Waals surface area contributed by atoms with E-state index in [1.165, 1.54) is 12.1 Å². The zero-order chi connectivity index (χ0) is 14.7. The molecule has 3 N–H and O–H groups in total. The van der Waals surface area contributed by atoms with Crippen LogP contribution >= 0.6 is 31.9 Å². The zero-order valence-electron chi connectivity index (χ0n) is 10.3. The Balaban J connectivity index is 2.23. The van der Waals surface area contributed by atoms with Gasteiger partial charge in [-0.3, -0.25) is 0 Å². The fourth-order valence-corrected chi connectivity index (χ4v) is 2.42. The lowest BCUT2D eigenvalue weighted by Crippen LogP contribution is -2.20. The summed E-state index contributed by atoms with van der Waals surface area (Å²) in [6.45, 7) is 0.288. The third-order valence-corrected chi connectivity index (χ3v) is 4.09. The van der Waals surface area contributed by atoms with Crippen LogP contribution in [0.5, 0.6) is 0 Å². The van der Waals surface area contributed by atoms with E-state index in [0.29, 0.717) is 14.6 Å². The summed E-state index contributed by atoms with van der Waals surface area (Å²) in [5.41, 5.74) is 7.16. The highest BCUT2D eigenvalue weighted by atomic mass is 79.9. The van der Waals surface area contributed by atoms with E-state index in [1.807, 2.05) is 0 Å². The number of hydrogen-bond donors (Lipinski definition) is 2. The zero-order valence-corrected chi connectivity index (χ0v) is 13.5. The minimum Gasteiger partial charge on any atom is -0.377 e. The van der Waals surface area contributed by atoms with E-state index in [4.69, 9.17) is 5.73 Å². The van der Waals surface area contributed by atoms with Crippen molar-refractivity contribution in [2.45, 2.75) is 6.04 Å². The first-order chi connectivity index (χ1) is 9.51. The summed E-state index contributed by atoms with van der Waals surface area (Å²) in [6.07, 6.45) is 0. The Bertz CT molecular complexity index is 620. The van der Waals surface area contributed by atoms with Crippen molar-refractivity contribution in [3.8, 4) is 0 Å². The van der Waals surface area contributed by atoms with Crippen molar-refractivity contribution in [2.75, 3.05) is 11.9 Å². The lowest BCUT2D eigenvalue weighted by Gasteiger charge is -2.19. The highest BCUT2D eigenvalue weighted by Gasteiger charge is 2.12. The summed E-state index contributed by atoms with van der Waals surface area (Å²) in [5, 5.41) is 3.16. The predicted molar refractivity (Wildman–Crippen MR) is 83.6 cm³/mol. The van der Waals surface area contributed by atoms with Crippen LogP contribution in [0, 0.1) is 11.6 Å². The molecular weight excluding hydrogens is 394 g/mol. The molecule has 106 valence electrons. The molecule has 0 aliphatic carbocycles. The smallest absolute Gasteiger partial charge is 0.137 e. The van der Waals surface area contributed by atoms with Gasteiger partial charge in [-0.05, 0) is 67.8 Å². The summed E-state index contributed by atoms with van der Waals surface area (Å²) >= 11 is 6.23. The van der Waals surface area contributed by atoms with Crippen LogP contribution in [-0.4, -0.2) is 6.54 Å². The number of hydrogen-bond acceptors (Lipinski definition) is 2. The van der Waals surface area contributed by atoms with Crippen molar-refractivity contribution >= 4 is 37.5 Å². The van der Waals surface area contributed by atoms with Gasteiger partial charge in [0.25, 0.3) is 0 Å². The average molecular weight is 406 g/mol.